The largest absolute Gasteiger partial charge is 0.381 e. The molecular weight excluding hydrogens is 270 g/mol. The molecule has 1 fully saturated rings. The third kappa shape index (κ3) is 1.87. The van der Waals surface area contributed by atoms with Crippen LogP contribution >= 0.6 is 0 Å². The quantitative estimate of drug-likeness (QED) is 0.701. The molecule has 1 saturated heterocycles. The van der Waals surface area contributed by atoms with Gasteiger partial charge in [-0.25, -0.2) is 9.50 Å². The molecule has 1 atom stereocenters. The number of aromatic nitrogens is 6. The monoisotopic (exact) mass is 285 g/mol. The summed E-state index contributed by atoms with van der Waals surface area (Å²) in [6.07, 6.45) is 5.71. The normalized spacial score (nSPS) is 22.3. The fourth-order valence-electron chi connectivity index (χ4n) is 2.88. The van der Waals surface area contributed by atoms with Gasteiger partial charge in [0.15, 0.2) is 5.82 Å². The molecule has 0 spiro atoms. The lowest BCUT2D eigenvalue weighted by atomic mass is 10.0. The Hall–Kier alpha value is -2.48. The first-order chi connectivity index (χ1) is 10.2. The average Bonchev–Trinajstić information content (AvgIpc) is 3.15. The van der Waals surface area contributed by atoms with Crippen LogP contribution in [-0.4, -0.2) is 48.2 Å². The maximum absolute atomic E-state index is 10.7. The van der Waals surface area contributed by atoms with Crippen LogP contribution in [0.2, 0.25) is 0 Å². The molecule has 3 aromatic rings. The second-order valence-electron chi connectivity index (χ2n) is 5.42. The minimum atomic E-state index is -0.990. The van der Waals surface area contributed by atoms with Crippen molar-refractivity contribution >= 4 is 11.3 Å². The highest BCUT2D eigenvalue weighted by atomic mass is 16.3. The number of aromatic amines is 1. The summed E-state index contributed by atoms with van der Waals surface area (Å²) in [6, 6.07) is 2.00. The number of aliphatic hydroxyl groups is 1. The van der Waals surface area contributed by atoms with Gasteiger partial charge in [-0.15, -0.1) is 0 Å². The third-order valence-electron chi connectivity index (χ3n) is 3.93. The molecule has 8 nitrogen and oxygen atoms in total. The number of β-amino-alcohol motifs (C(OH)–C–C–N with tert-alkyl or cyclic N) is 1. The van der Waals surface area contributed by atoms with E-state index < -0.39 is 5.60 Å². The zero-order chi connectivity index (χ0) is 14.4. The summed E-state index contributed by atoms with van der Waals surface area (Å²) in [6.45, 7) is 3.10. The van der Waals surface area contributed by atoms with Gasteiger partial charge in [0.05, 0.1) is 18.4 Å². The standard InChI is InChI=1S/C13H15N7O/c1-9-6-10-12(14-3-5-20(10)17-9)19-4-2-13(21,8-19)11-7-15-18-16-11/h3,5-7,21H,2,4,8H2,1H3,(H,15,16,18). The molecule has 8 heteroatoms. The minimum Gasteiger partial charge on any atom is -0.381 e. The van der Waals surface area contributed by atoms with Crippen LogP contribution in [0.4, 0.5) is 5.82 Å². The molecule has 21 heavy (non-hydrogen) atoms. The molecule has 0 aromatic carbocycles. The van der Waals surface area contributed by atoms with Gasteiger partial charge in [0.2, 0.25) is 0 Å². The van der Waals surface area contributed by atoms with E-state index in [0.29, 0.717) is 25.2 Å². The van der Waals surface area contributed by atoms with E-state index in [2.05, 4.69) is 30.4 Å². The van der Waals surface area contributed by atoms with Crippen LogP contribution < -0.4 is 4.90 Å². The summed E-state index contributed by atoms with van der Waals surface area (Å²) in [5, 5.41) is 25.5. The molecule has 0 saturated carbocycles. The zero-order valence-corrected chi connectivity index (χ0v) is 11.6. The van der Waals surface area contributed by atoms with Crippen molar-refractivity contribution in [2.24, 2.45) is 0 Å². The number of anilines is 1. The lowest BCUT2D eigenvalue weighted by Crippen LogP contribution is -2.31. The van der Waals surface area contributed by atoms with Crippen LogP contribution in [0.3, 0.4) is 0 Å². The predicted molar refractivity (Wildman–Crippen MR) is 74.8 cm³/mol. The summed E-state index contributed by atoms with van der Waals surface area (Å²) in [5.74, 6) is 0.831. The zero-order valence-electron chi connectivity index (χ0n) is 11.6. The third-order valence-corrected chi connectivity index (χ3v) is 3.93. The van der Waals surface area contributed by atoms with E-state index in [-0.39, 0.29) is 0 Å². The van der Waals surface area contributed by atoms with Gasteiger partial charge in [0, 0.05) is 25.4 Å². The van der Waals surface area contributed by atoms with Gasteiger partial charge in [0.1, 0.15) is 16.8 Å². The van der Waals surface area contributed by atoms with Crippen LogP contribution in [0.25, 0.3) is 5.52 Å². The lowest BCUT2D eigenvalue weighted by molar-refractivity contribution is 0.0559. The van der Waals surface area contributed by atoms with E-state index in [0.717, 1.165) is 17.0 Å². The number of rotatable bonds is 2. The van der Waals surface area contributed by atoms with E-state index in [9.17, 15) is 5.11 Å². The first kappa shape index (κ1) is 12.3. The van der Waals surface area contributed by atoms with E-state index in [1.54, 1.807) is 12.4 Å². The molecule has 108 valence electrons. The van der Waals surface area contributed by atoms with Crippen molar-refractivity contribution in [3.8, 4) is 0 Å². The maximum atomic E-state index is 10.7. The maximum Gasteiger partial charge on any atom is 0.154 e. The molecule has 1 unspecified atom stereocenters. The topological polar surface area (TPSA) is 95.2 Å². The summed E-state index contributed by atoms with van der Waals surface area (Å²) in [7, 11) is 0. The van der Waals surface area contributed by atoms with Crippen molar-refractivity contribution in [2.45, 2.75) is 18.9 Å². The molecule has 0 bridgehead atoms. The fourth-order valence-corrected chi connectivity index (χ4v) is 2.88. The Labute approximate surface area is 120 Å². The lowest BCUT2D eigenvalue weighted by Gasteiger charge is -2.22. The minimum absolute atomic E-state index is 0.441. The number of hydrogen-bond donors (Lipinski definition) is 2. The van der Waals surface area contributed by atoms with E-state index in [4.69, 9.17) is 0 Å². The van der Waals surface area contributed by atoms with Crippen molar-refractivity contribution in [3.05, 3.63) is 36.0 Å². The average molecular weight is 285 g/mol. The van der Waals surface area contributed by atoms with Crippen molar-refractivity contribution in [1.82, 2.24) is 30.0 Å². The first-order valence-electron chi connectivity index (χ1n) is 6.80. The summed E-state index contributed by atoms with van der Waals surface area (Å²) >= 11 is 0. The van der Waals surface area contributed by atoms with Crippen LogP contribution in [-0.2, 0) is 5.60 Å². The van der Waals surface area contributed by atoms with Gasteiger partial charge >= 0.3 is 0 Å². The van der Waals surface area contributed by atoms with E-state index in [1.807, 2.05) is 23.7 Å². The number of hydrogen-bond acceptors (Lipinski definition) is 6. The number of nitrogens with one attached hydrogen (secondary N) is 1. The van der Waals surface area contributed by atoms with Gasteiger partial charge < -0.3 is 10.0 Å². The predicted octanol–water partition coefficient (Wildman–Crippen LogP) is 0.254. The highest BCUT2D eigenvalue weighted by Gasteiger charge is 2.40. The molecule has 4 rings (SSSR count). The van der Waals surface area contributed by atoms with Gasteiger partial charge in [-0.2, -0.15) is 20.5 Å². The molecular formula is C13H15N7O. The van der Waals surface area contributed by atoms with Gasteiger partial charge in [0.25, 0.3) is 0 Å². The van der Waals surface area contributed by atoms with E-state index >= 15 is 0 Å². The Morgan fingerprint density at radius 1 is 1.43 bits per heavy atom. The highest BCUT2D eigenvalue weighted by Crippen LogP contribution is 2.33. The van der Waals surface area contributed by atoms with Gasteiger partial charge in [-0.3, -0.25) is 0 Å². The Morgan fingerprint density at radius 3 is 3.14 bits per heavy atom. The van der Waals surface area contributed by atoms with Crippen LogP contribution in [0.1, 0.15) is 17.8 Å². The van der Waals surface area contributed by atoms with Crippen LogP contribution in [0, 0.1) is 6.92 Å². The van der Waals surface area contributed by atoms with E-state index in [1.165, 1.54) is 0 Å². The molecule has 0 amide bonds. The number of nitrogens with zero attached hydrogens (tertiary/aromatic N) is 6. The van der Waals surface area contributed by atoms with Gasteiger partial charge in [-0.1, -0.05) is 0 Å². The second-order valence-corrected chi connectivity index (χ2v) is 5.42. The van der Waals surface area contributed by atoms with Gasteiger partial charge in [-0.05, 0) is 13.0 Å². The van der Waals surface area contributed by atoms with Crippen molar-refractivity contribution in [2.75, 3.05) is 18.0 Å². The smallest absolute Gasteiger partial charge is 0.154 e. The fraction of sp³-hybridized carbons (Fsp3) is 0.385. The van der Waals surface area contributed by atoms with Crippen LogP contribution in [0.15, 0.2) is 24.7 Å². The number of aryl methyl sites for hydroxylation is 1. The Balaban J connectivity index is 1.71. The number of fused-ring (bicyclic) bond motifs is 1. The molecule has 2 N–H and O–H groups in total. The van der Waals surface area contributed by atoms with Crippen molar-refractivity contribution < 1.29 is 5.11 Å². The first-order valence-corrected chi connectivity index (χ1v) is 6.80. The Kier molecular flexibility index (Phi) is 2.49. The molecule has 0 aliphatic carbocycles. The summed E-state index contributed by atoms with van der Waals surface area (Å²) in [5.41, 5.74) is 1.47. The number of H-pyrrole nitrogens is 1. The summed E-state index contributed by atoms with van der Waals surface area (Å²) < 4.78 is 1.81. The SMILES string of the molecule is Cc1cc2c(N3CCC(O)(c4cn[nH]n4)C3)nccn2n1. The Morgan fingerprint density at radius 2 is 2.33 bits per heavy atom. The van der Waals surface area contributed by atoms with Crippen LogP contribution in [0.5, 0.6) is 0 Å². The molecule has 1 aliphatic rings. The molecule has 1 aliphatic heterocycles. The Bertz CT molecular complexity index is 781. The van der Waals surface area contributed by atoms with Crippen molar-refractivity contribution in [1.29, 1.82) is 0 Å². The molecule has 0 radical (unpaired) electrons. The molecule has 3 aromatic heterocycles. The summed E-state index contributed by atoms with van der Waals surface area (Å²) in [4.78, 5) is 6.52. The second kappa shape index (κ2) is 4.26. The highest BCUT2D eigenvalue weighted by molar-refractivity contribution is 5.69. The molecule has 4 heterocycles. The van der Waals surface area contributed by atoms with Crippen molar-refractivity contribution in [3.63, 3.8) is 0 Å².